The van der Waals surface area contributed by atoms with Gasteiger partial charge in [0.1, 0.15) is 18.7 Å². The number of piperidine rings is 3. The lowest BCUT2D eigenvalue weighted by atomic mass is 9.71. The highest BCUT2D eigenvalue weighted by Crippen LogP contribution is 2.49. The third-order valence-electron chi connectivity index (χ3n) is 8.27. The van der Waals surface area contributed by atoms with E-state index >= 15 is 0 Å². The Morgan fingerprint density at radius 2 is 1.79 bits per heavy atom. The SMILES string of the molecule is C=C[C@H]1C[N+]2(Cc3ccc(C(F)(F)F)cc3C(F)(F)F)CC[C@H]1C[C@H]2[C@H](O)c1ccnc2ccccc12.[Br-]. The zero-order valence-electron chi connectivity index (χ0n) is 20.3. The summed E-state index contributed by atoms with van der Waals surface area (Å²) in [7, 11) is 0. The number of nitrogens with zero attached hydrogens (tertiary/aromatic N) is 2. The van der Waals surface area contributed by atoms with E-state index in [4.69, 9.17) is 0 Å². The first-order valence-corrected chi connectivity index (χ1v) is 12.2. The van der Waals surface area contributed by atoms with Crippen LogP contribution in [-0.2, 0) is 18.9 Å². The van der Waals surface area contributed by atoms with E-state index in [-0.39, 0.29) is 51.5 Å². The fraction of sp³-hybridized carbons (Fsp3) is 0.393. The van der Waals surface area contributed by atoms with Crippen molar-refractivity contribution < 1.29 is 52.9 Å². The minimum atomic E-state index is -4.95. The van der Waals surface area contributed by atoms with Gasteiger partial charge in [-0.1, -0.05) is 30.3 Å². The van der Waals surface area contributed by atoms with Crippen molar-refractivity contribution in [3.8, 4) is 0 Å². The molecule has 3 saturated heterocycles. The first kappa shape index (κ1) is 28.6. The Morgan fingerprint density at radius 3 is 2.47 bits per heavy atom. The second-order valence-electron chi connectivity index (χ2n) is 10.3. The Morgan fingerprint density at radius 1 is 1.05 bits per heavy atom. The summed E-state index contributed by atoms with van der Waals surface area (Å²) in [5.74, 6) is 0.287. The van der Waals surface area contributed by atoms with Gasteiger partial charge in [0, 0.05) is 35.9 Å². The normalized spacial score (nSPS) is 26.1. The van der Waals surface area contributed by atoms with E-state index in [0.29, 0.717) is 36.7 Å². The number of halogens is 7. The maximum absolute atomic E-state index is 14.0. The maximum atomic E-state index is 14.0. The second-order valence-corrected chi connectivity index (χ2v) is 10.3. The number of hydrogen-bond donors (Lipinski definition) is 1. The molecule has 0 spiro atoms. The van der Waals surface area contributed by atoms with Gasteiger partial charge < -0.3 is 26.6 Å². The molecule has 10 heteroatoms. The van der Waals surface area contributed by atoms with Gasteiger partial charge in [-0.3, -0.25) is 4.98 Å². The van der Waals surface area contributed by atoms with Crippen LogP contribution in [0.1, 0.15) is 41.2 Å². The van der Waals surface area contributed by atoms with E-state index in [2.05, 4.69) is 11.6 Å². The monoisotopic (exact) mass is 600 g/mol. The highest BCUT2D eigenvalue weighted by molar-refractivity contribution is 5.82. The molecule has 0 amide bonds. The fourth-order valence-electron chi connectivity index (χ4n) is 6.46. The van der Waals surface area contributed by atoms with Crippen LogP contribution in [0.15, 0.2) is 67.4 Å². The molecule has 0 aliphatic carbocycles. The maximum Gasteiger partial charge on any atom is 0.416 e. The summed E-state index contributed by atoms with van der Waals surface area (Å²) in [4.78, 5) is 4.35. The van der Waals surface area contributed by atoms with Crippen LogP contribution in [0.5, 0.6) is 0 Å². The quantitative estimate of drug-likeness (QED) is 0.274. The van der Waals surface area contributed by atoms with E-state index in [1.807, 2.05) is 30.3 Å². The topological polar surface area (TPSA) is 33.1 Å². The van der Waals surface area contributed by atoms with E-state index < -0.39 is 35.6 Å². The van der Waals surface area contributed by atoms with E-state index in [1.54, 1.807) is 12.3 Å². The molecule has 38 heavy (non-hydrogen) atoms. The van der Waals surface area contributed by atoms with Gasteiger partial charge in [0.05, 0.1) is 29.7 Å². The largest absolute Gasteiger partial charge is 1.00 e. The highest BCUT2D eigenvalue weighted by Gasteiger charge is 2.54. The molecule has 1 unspecified atom stereocenters. The van der Waals surface area contributed by atoms with Crippen LogP contribution in [0, 0.1) is 11.8 Å². The van der Waals surface area contributed by atoms with Crippen LogP contribution in [0.4, 0.5) is 26.3 Å². The number of aromatic nitrogens is 1. The van der Waals surface area contributed by atoms with Crippen molar-refractivity contribution in [3.05, 3.63) is 89.6 Å². The summed E-state index contributed by atoms with van der Waals surface area (Å²) in [6.45, 7) is 4.79. The minimum Gasteiger partial charge on any atom is -1.00 e. The Bertz CT molecular complexity index is 1320. The molecule has 1 aromatic heterocycles. The standard InChI is InChI=1S/C28H27F6N2O.BrH/c1-2-17-15-36(16-19-7-8-20(27(29,30)31)14-23(19)28(32,33)34)12-10-18(17)13-25(36)26(37)22-9-11-35-24-6-4-3-5-21(22)24;/h2-9,11,14,17-18,25-26,37H,1,10,12-13,15-16H2;1H/q+1;/p-1/t17-,18-,25-,26+,36?;/m0./s1. The summed E-state index contributed by atoms with van der Waals surface area (Å²) in [5, 5.41) is 12.5. The van der Waals surface area contributed by atoms with Crippen molar-refractivity contribution in [2.24, 2.45) is 11.8 Å². The van der Waals surface area contributed by atoms with Crippen LogP contribution >= 0.6 is 0 Å². The van der Waals surface area contributed by atoms with Gasteiger partial charge in [-0.15, -0.1) is 6.58 Å². The molecule has 2 aromatic carbocycles. The Balaban J connectivity index is 0.00000336. The van der Waals surface area contributed by atoms with Gasteiger partial charge in [-0.2, -0.15) is 26.3 Å². The summed E-state index contributed by atoms with van der Waals surface area (Å²) in [6, 6.07) is 10.5. The summed E-state index contributed by atoms with van der Waals surface area (Å²) in [5.41, 5.74) is -1.45. The number of benzene rings is 2. The second kappa shape index (κ2) is 10.3. The van der Waals surface area contributed by atoms with Gasteiger partial charge in [-0.25, -0.2) is 0 Å². The first-order valence-electron chi connectivity index (χ1n) is 12.2. The highest BCUT2D eigenvalue weighted by atomic mass is 79.9. The number of aliphatic hydroxyl groups excluding tert-OH is 1. The minimum absolute atomic E-state index is 0. The fourth-order valence-corrected chi connectivity index (χ4v) is 6.46. The molecule has 4 heterocycles. The number of fused-ring (bicyclic) bond motifs is 4. The lowest BCUT2D eigenvalue weighted by molar-refractivity contribution is -0.985. The van der Waals surface area contributed by atoms with Crippen molar-refractivity contribution in [1.29, 1.82) is 0 Å². The predicted molar refractivity (Wildman–Crippen MR) is 127 cm³/mol. The third kappa shape index (κ3) is 5.10. The Labute approximate surface area is 227 Å². The molecular formula is C28H27BrF6N2O. The average Bonchev–Trinajstić information content (AvgIpc) is 2.86. The van der Waals surface area contributed by atoms with Gasteiger partial charge in [0.2, 0.25) is 0 Å². The molecule has 2 bridgehead atoms. The molecule has 6 rings (SSSR count). The number of aliphatic hydroxyl groups is 1. The van der Waals surface area contributed by atoms with Crippen molar-refractivity contribution in [2.75, 3.05) is 13.1 Å². The summed E-state index contributed by atoms with van der Waals surface area (Å²) < 4.78 is 81.9. The smallest absolute Gasteiger partial charge is 0.416 e. The van der Waals surface area contributed by atoms with Crippen molar-refractivity contribution >= 4 is 10.9 Å². The number of pyridine rings is 1. The third-order valence-corrected chi connectivity index (χ3v) is 8.27. The number of quaternary nitrogens is 1. The van der Waals surface area contributed by atoms with Crippen LogP contribution in [0.2, 0.25) is 0 Å². The summed E-state index contributed by atoms with van der Waals surface area (Å²) >= 11 is 0. The zero-order valence-corrected chi connectivity index (χ0v) is 21.9. The lowest BCUT2D eigenvalue weighted by Crippen LogP contribution is -3.00. The van der Waals surface area contributed by atoms with E-state index in [0.717, 1.165) is 17.9 Å². The predicted octanol–water partition coefficient (Wildman–Crippen LogP) is 3.92. The summed E-state index contributed by atoms with van der Waals surface area (Å²) in [6.07, 6.45) is -6.06. The molecule has 3 aromatic rings. The number of rotatable bonds is 5. The molecule has 0 saturated carbocycles. The van der Waals surface area contributed by atoms with Crippen molar-refractivity contribution in [2.45, 2.75) is 43.9 Å². The molecule has 5 atom stereocenters. The van der Waals surface area contributed by atoms with Crippen LogP contribution in [-0.4, -0.2) is 33.7 Å². The molecule has 3 aliphatic heterocycles. The number of hydrogen-bond acceptors (Lipinski definition) is 2. The van der Waals surface area contributed by atoms with Crippen LogP contribution in [0.3, 0.4) is 0 Å². The van der Waals surface area contributed by atoms with E-state index in [1.165, 1.54) is 0 Å². The van der Waals surface area contributed by atoms with Crippen molar-refractivity contribution in [3.63, 3.8) is 0 Å². The molecule has 3 aliphatic rings. The Kier molecular flexibility index (Phi) is 7.73. The van der Waals surface area contributed by atoms with Crippen LogP contribution in [0.25, 0.3) is 10.9 Å². The van der Waals surface area contributed by atoms with Crippen LogP contribution < -0.4 is 17.0 Å². The van der Waals surface area contributed by atoms with Gasteiger partial charge in [0.25, 0.3) is 0 Å². The van der Waals surface area contributed by atoms with Gasteiger partial charge >= 0.3 is 12.4 Å². The molecule has 3 fully saturated rings. The molecule has 0 radical (unpaired) electrons. The molecule has 1 N–H and O–H groups in total. The Hall–Kier alpha value is -2.43. The molecular weight excluding hydrogens is 574 g/mol. The zero-order chi connectivity index (χ0) is 26.6. The van der Waals surface area contributed by atoms with Crippen molar-refractivity contribution in [1.82, 2.24) is 4.98 Å². The number of para-hydroxylation sites is 1. The average molecular weight is 601 g/mol. The van der Waals surface area contributed by atoms with E-state index in [9.17, 15) is 31.4 Å². The van der Waals surface area contributed by atoms with Gasteiger partial charge in [-0.05, 0) is 35.7 Å². The molecule has 204 valence electrons. The molecule has 3 nitrogen and oxygen atoms in total. The van der Waals surface area contributed by atoms with Gasteiger partial charge in [0.15, 0.2) is 0 Å². The first-order chi connectivity index (χ1) is 17.4. The number of alkyl halides is 6. The lowest BCUT2D eigenvalue weighted by Gasteiger charge is -2.58.